The molecule has 5 N–H and O–H groups in total. The van der Waals surface area contributed by atoms with Crippen molar-refractivity contribution in [3.63, 3.8) is 0 Å². The van der Waals surface area contributed by atoms with Crippen LogP contribution < -0.4 is 16.4 Å². The van der Waals surface area contributed by atoms with E-state index in [0.29, 0.717) is 47.1 Å². The van der Waals surface area contributed by atoms with E-state index in [4.69, 9.17) is 10.3 Å². The third kappa shape index (κ3) is 5.56. The van der Waals surface area contributed by atoms with Gasteiger partial charge in [-0.1, -0.05) is 11.7 Å². The number of aromatic nitrogens is 4. The molecule has 1 aliphatic rings. The van der Waals surface area contributed by atoms with Gasteiger partial charge in [0.15, 0.2) is 11.6 Å². The average Bonchev–Trinajstić information content (AvgIpc) is 3.29. The zero-order valence-corrected chi connectivity index (χ0v) is 17.0. The topological polar surface area (TPSA) is 130 Å². The molecular formula is C21H23FN8O. The molecule has 10 heteroatoms. The van der Waals surface area contributed by atoms with Crippen LogP contribution in [-0.4, -0.2) is 26.2 Å². The number of nitrogens with one attached hydrogen (secondary N) is 3. The fourth-order valence-corrected chi connectivity index (χ4v) is 2.93. The zero-order chi connectivity index (χ0) is 21.8. The molecule has 0 amide bonds. The van der Waals surface area contributed by atoms with Crippen LogP contribution >= 0.6 is 0 Å². The van der Waals surface area contributed by atoms with Crippen molar-refractivity contribution in [3.8, 4) is 11.4 Å². The molecule has 1 aliphatic carbocycles. The van der Waals surface area contributed by atoms with Crippen molar-refractivity contribution in [2.24, 2.45) is 10.7 Å². The Morgan fingerprint density at radius 1 is 1.39 bits per heavy atom. The lowest BCUT2D eigenvalue weighted by Gasteiger charge is -2.11. The summed E-state index contributed by atoms with van der Waals surface area (Å²) in [5.41, 5.74) is 8.91. The van der Waals surface area contributed by atoms with Gasteiger partial charge in [0, 0.05) is 29.4 Å². The van der Waals surface area contributed by atoms with E-state index in [9.17, 15) is 4.39 Å². The molecule has 4 rings (SSSR count). The normalized spacial score (nSPS) is 14.5. The summed E-state index contributed by atoms with van der Waals surface area (Å²) in [5.74, 6) is 2.21. The van der Waals surface area contributed by atoms with Crippen molar-refractivity contribution in [1.82, 2.24) is 31.0 Å². The molecule has 0 aliphatic heterocycles. The van der Waals surface area contributed by atoms with Crippen LogP contribution in [0.1, 0.15) is 37.1 Å². The number of allylic oxidation sites excluding steroid dienone is 1. The van der Waals surface area contributed by atoms with Crippen LogP contribution in [0.2, 0.25) is 0 Å². The molecule has 3 aromatic rings. The molecule has 31 heavy (non-hydrogen) atoms. The number of nitrogens with zero attached hydrogens (tertiary/aromatic N) is 4. The fraction of sp³-hybridized carbons (Fsp3) is 0.238. The number of pyridine rings is 1. The highest BCUT2D eigenvalue weighted by atomic mass is 19.1. The van der Waals surface area contributed by atoms with E-state index in [1.165, 1.54) is 18.9 Å². The van der Waals surface area contributed by atoms with Gasteiger partial charge in [-0.25, -0.2) is 9.38 Å². The van der Waals surface area contributed by atoms with Crippen molar-refractivity contribution in [2.45, 2.75) is 32.2 Å². The van der Waals surface area contributed by atoms with Crippen molar-refractivity contribution < 1.29 is 8.91 Å². The Balaban J connectivity index is 1.27. The van der Waals surface area contributed by atoms with Gasteiger partial charge in [-0.05, 0) is 38.0 Å². The molecule has 0 spiro atoms. The second kappa shape index (κ2) is 8.82. The first-order valence-corrected chi connectivity index (χ1v) is 9.81. The highest BCUT2D eigenvalue weighted by molar-refractivity contribution is 5.93. The van der Waals surface area contributed by atoms with Gasteiger partial charge in [0.2, 0.25) is 0 Å². The van der Waals surface area contributed by atoms with Crippen LogP contribution in [0.25, 0.3) is 11.4 Å². The molecule has 0 unspecified atom stereocenters. The largest absolute Gasteiger partial charge is 0.384 e. The molecule has 0 aromatic carbocycles. The van der Waals surface area contributed by atoms with Crippen LogP contribution in [0, 0.1) is 5.82 Å². The van der Waals surface area contributed by atoms with Crippen LogP contribution in [-0.2, 0) is 6.54 Å². The Labute approximate surface area is 178 Å². The SMILES string of the molecule is C=C(NCc1cc(-c2ccc(F)cn2)no1)NC(C)=CC(N)=Nc1cc(C2CC2)[nH]n1. The summed E-state index contributed by atoms with van der Waals surface area (Å²) < 4.78 is 18.3. The van der Waals surface area contributed by atoms with Gasteiger partial charge in [-0.2, -0.15) is 5.10 Å². The molecule has 3 heterocycles. The third-order valence-electron chi connectivity index (χ3n) is 4.58. The standard InChI is InChI=1S/C21H23FN8O/c1-12(7-20(23)27-21-9-18(28-29-21)14-3-4-14)26-13(2)24-11-16-8-19(30-31-16)17-6-5-15(22)10-25-17/h5-10,14,24,26H,2-4,11H2,1H3,(H3,23,27,28,29). The minimum atomic E-state index is -0.405. The highest BCUT2D eigenvalue weighted by Gasteiger charge is 2.25. The molecule has 3 aromatic heterocycles. The summed E-state index contributed by atoms with van der Waals surface area (Å²) in [4.78, 5) is 8.28. The average molecular weight is 422 g/mol. The minimum Gasteiger partial charge on any atom is -0.384 e. The maximum absolute atomic E-state index is 13.0. The predicted octanol–water partition coefficient (Wildman–Crippen LogP) is 3.22. The van der Waals surface area contributed by atoms with E-state index in [1.807, 2.05) is 13.0 Å². The first-order valence-electron chi connectivity index (χ1n) is 9.81. The molecule has 1 saturated carbocycles. The zero-order valence-electron chi connectivity index (χ0n) is 17.0. The summed E-state index contributed by atoms with van der Waals surface area (Å²) in [6, 6.07) is 6.52. The summed E-state index contributed by atoms with van der Waals surface area (Å²) in [6.07, 6.45) is 5.22. The first-order chi connectivity index (χ1) is 15.0. The Kier molecular flexibility index (Phi) is 5.78. The monoisotopic (exact) mass is 422 g/mol. The summed E-state index contributed by atoms with van der Waals surface area (Å²) in [6.45, 7) is 6.13. The summed E-state index contributed by atoms with van der Waals surface area (Å²) in [7, 11) is 0. The van der Waals surface area contributed by atoms with Crippen molar-refractivity contribution in [3.05, 3.63) is 71.9 Å². The van der Waals surface area contributed by atoms with Crippen LogP contribution in [0.3, 0.4) is 0 Å². The molecule has 0 radical (unpaired) electrons. The fourth-order valence-electron chi connectivity index (χ4n) is 2.93. The summed E-state index contributed by atoms with van der Waals surface area (Å²) >= 11 is 0. The first kappa shape index (κ1) is 20.3. The van der Waals surface area contributed by atoms with Crippen LogP contribution in [0.5, 0.6) is 0 Å². The smallest absolute Gasteiger partial charge is 0.175 e. The molecular weight excluding hydrogens is 399 g/mol. The molecule has 0 atom stereocenters. The van der Waals surface area contributed by atoms with Gasteiger partial charge < -0.3 is 20.9 Å². The highest BCUT2D eigenvalue weighted by Crippen LogP contribution is 2.39. The number of aromatic amines is 1. The summed E-state index contributed by atoms with van der Waals surface area (Å²) in [5, 5.41) is 17.3. The predicted molar refractivity (Wildman–Crippen MR) is 114 cm³/mol. The van der Waals surface area contributed by atoms with Crippen LogP contribution in [0.4, 0.5) is 10.2 Å². The van der Waals surface area contributed by atoms with Crippen molar-refractivity contribution >= 4 is 11.7 Å². The lowest BCUT2D eigenvalue weighted by molar-refractivity contribution is 0.378. The number of hydrogen-bond acceptors (Lipinski definition) is 7. The van der Waals surface area contributed by atoms with E-state index in [0.717, 1.165) is 17.6 Å². The van der Waals surface area contributed by atoms with Gasteiger partial charge in [-0.15, -0.1) is 0 Å². The van der Waals surface area contributed by atoms with E-state index < -0.39 is 5.82 Å². The lowest BCUT2D eigenvalue weighted by atomic mass is 10.2. The van der Waals surface area contributed by atoms with E-state index in [-0.39, 0.29) is 0 Å². The van der Waals surface area contributed by atoms with E-state index >= 15 is 0 Å². The van der Waals surface area contributed by atoms with E-state index in [2.05, 4.69) is 42.5 Å². The van der Waals surface area contributed by atoms with Crippen molar-refractivity contribution in [2.75, 3.05) is 0 Å². The number of halogens is 1. The molecule has 0 saturated heterocycles. The Bertz CT molecular complexity index is 1120. The number of hydrogen-bond donors (Lipinski definition) is 4. The second-order valence-corrected chi connectivity index (χ2v) is 7.32. The number of H-pyrrole nitrogens is 1. The number of amidine groups is 1. The maximum Gasteiger partial charge on any atom is 0.175 e. The van der Waals surface area contributed by atoms with Gasteiger partial charge in [0.1, 0.15) is 17.3 Å². The molecule has 0 bridgehead atoms. The minimum absolute atomic E-state index is 0.332. The van der Waals surface area contributed by atoms with Crippen LogP contribution in [0.15, 0.2) is 64.2 Å². The third-order valence-corrected chi connectivity index (χ3v) is 4.58. The van der Waals surface area contributed by atoms with Gasteiger partial charge in [-0.3, -0.25) is 10.1 Å². The second-order valence-electron chi connectivity index (χ2n) is 7.32. The molecule has 9 nitrogen and oxygen atoms in total. The number of nitrogens with two attached hydrogens (primary N) is 1. The molecule has 1 fully saturated rings. The number of rotatable bonds is 9. The lowest BCUT2D eigenvalue weighted by Crippen LogP contribution is -2.24. The van der Waals surface area contributed by atoms with Crippen molar-refractivity contribution in [1.29, 1.82) is 0 Å². The van der Waals surface area contributed by atoms with Gasteiger partial charge in [0.05, 0.1) is 24.3 Å². The van der Waals surface area contributed by atoms with Gasteiger partial charge >= 0.3 is 0 Å². The molecule has 160 valence electrons. The quantitative estimate of drug-likeness (QED) is 0.308. The van der Waals surface area contributed by atoms with Gasteiger partial charge in [0.25, 0.3) is 0 Å². The Morgan fingerprint density at radius 2 is 2.23 bits per heavy atom. The number of aliphatic imine (C=N–C) groups is 1. The Hall–Kier alpha value is -3.95. The maximum atomic E-state index is 13.0. The van der Waals surface area contributed by atoms with E-state index in [1.54, 1.807) is 18.2 Å². The Morgan fingerprint density at radius 3 is 2.97 bits per heavy atom.